The van der Waals surface area contributed by atoms with E-state index >= 15 is 0 Å². The van der Waals surface area contributed by atoms with Crippen LogP contribution in [0.5, 0.6) is 0 Å². The molecule has 3 nitrogen and oxygen atoms in total. The third kappa shape index (κ3) is 3.24. The van der Waals surface area contributed by atoms with Crippen molar-refractivity contribution in [3.05, 3.63) is 50.9 Å². The maximum absolute atomic E-state index is 12.1. The van der Waals surface area contributed by atoms with Crippen molar-refractivity contribution in [1.29, 1.82) is 0 Å². The molecule has 1 aromatic heterocycles. The van der Waals surface area contributed by atoms with Crippen LogP contribution < -0.4 is 5.56 Å². The molecule has 0 radical (unpaired) electrons. The molecule has 0 aliphatic rings. The number of unbranched alkanes of at least 4 members (excludes halogenated alkanes) is 1. The highest BCUT2D eigenvalue weighted by Crippen LogP contribution is 2.18. The van der Waals surface area contributed by atoms with Crippen LogP contribution in [-0.4, -0.2) is 9.97 Å². The van der Waals surface area contributed by atoms with Crippen molar-refractivity contribution in [3.63, 3.8) is 0 Å². The van der Waals surface area contributed by atoms with Gasteiger partial charge >= 0.3 is 0 Å². The monoisotopic (exact) mass is 276 g/mol. The van der Waals surface area contributed by atoms with Gasteiger partial charge in [0.1, 0.15) is 5.82 Å². The van der Waals surface area contributed by atoms with Crippen LogP contribution in [0.1, 0.15) is 31.0 Å². The van der Waals surface area contributed by atoms with Gasteiger partial charge < -0.3 is 4.98 Å². The molecule has 1 heterocycles. The van der Waals surface area contributed by atoms with Gasteiger partial charge in [0.15, 0.2) is 0 Å². The number of nitrogens with zero attached hydrogens (tertiary/aromatic N) is 1. The van der Waals surface area contributed by atoms with Gasteiger partial charge in [-0.15, -0.1) is 0 Å². The summed E-state index contributed by atoms with van der Waals surface area (Å²) in [6.45, 7) is 4.00. The Kier molecular flexibility index (Phi) is 4.38. The zero-order valence-electron chi connectivity index (χ0n) is 11.2. The second-order valence-electron chi connectivity index (χ2n) is 4.59. The molecule has 0 spiro atoms. The van der Waals surface area contributed by atoms with Crippen molar-refractivity contribution in [2.45, 2.75) is 33.1 Å². The van der Waals surface area contributed by atoms with Crippen molar-refractivity contribution in [1.82, 2.24) is 9.97 Å². The van der Waals surface area contributed by atoms with Crippen LogP contribution in [-0.2, 0) is 6.42 Å². The third-order valence-corrected chi connectivity index (χ3v) is 3.37. The Morgan fingerprint density at radius 1 is 1.26 bits per heavy atom. The molecule has 0 aliphatic heterocycles. The van der Waals surface area contributed by atoms with E-state index in [-0.39, 0.29) is 5.56 Å². The molecule has 0 unspecified atom stereocenters. The maximum atomic E-state index is 12.1. The van der Waals surface area contributed by atoms with Gasteiger partial charge in [0.05, 0.1) is 0 Å². The first-order valence-corrected chi connectivity index (χ1v) is 6.85. The molecule has 0 bridgehead atoms. The van der Waals surface area contributed by atoms with Crippen LogP contribution in [0.4, 0.5) is 0 Å². The predicted octanol–water partition coefficient (Wildman–Crippen LogP) is 3.74. The molecular weight excluding hydrogens is 260 g/mol. The van der Waals surface area contributed by atoms with Gasteiger partial charge in [-0.25, -0.2) is 4.98 Å². The molecule has 0 fully saturated rings. The van der Waals surface area contributed by atoms with Gasteiger partial charge in [-0.3, -0.25) is 4.79 Å². The van der Waals surface area contributed by atoms with Gasteiger partial charge in [-0.05, 0) is 44.0 Å². The Morgan fingerprint density at radius 3 is 2.53 bits per heavy atom. The minimum Gasteiger partial charge on any atom is -0.306 e. The summed E-state index contributed by atoms with van der Waals surface area (Å²) in [6.07, 6.45) is 2.86. The number of hydrogen-bond acceptors (Lipinski definition) is 2. The van der Waals surface area contributed by atoms with Crippen molar-refractivity contribution in [2.24, 2.45) is 0 Å². The van der Waals surface area contributed by atoms with E-state index < -0.39 is 0 Å². The van der Waals surface area contributed by atoms with Crippen LogP contribution in [0.3, 0.4) is 0 Å². The summed E-state index contributed by atoms with van der Waals surface area (Å²) in [4.78, 5) is 19.4. The van der Waals surface area contributed by atoms with Gasteiger partial charge in [-0.2, -0.15) is 0 Å². The molecule has 4 heteroatoms. The van der Waals surface area contributed by atoms with E-state index in [9.17, 15) is 4.79 Å². The van der Waals surface area contributed by atoms with E-state index in [0.717, 1.165) is 36.1 Å². The third-order valence-electron chi connectivity index (χ3n) is 3.12. The standard InChI is InChI=1S/C15H17ClN2O/c1-3-4-5-13-10(2)17-14(18-15(13)19)11-6-8-12(16)9-7-11/h6-9H,3-5H2,1-2H3,(H,17,18,19). The number of aryl methyl sites for hydroxylation is 1. The first-order chi connectivity index (χ1) is 9.11. The minimum absolute atomic E-state index is 0.0362. The normalized spacial score (nSPS) is 10.7. The molecule has 0 saturated heterocycles. The van der Waals surface area contributed by atoms with Crippen molar-refractivity contribution >= 4 is 11.6 Å². The number of halogens is 1. The summed E-state index contributed by atoms with van der Waals surface area (Å²) < 4.78 is 0. The van der Waals surface area contributed by atoms with E-state index in [1.807, 2.05) is 19.1 Å². The zero-order chi connectivity index (χ0) is 13.8. The van der Waals surface area contributed by atoms with Gasteiger partial charge in [0.2, 0.25) is 0 Å². The lowest BCUT2D eigenvalue weighted by Gasteiger charge is -2.07. The Morgan fingerprint density at radius 2 is 1.95 bits per heavy atom. The number of benzene rings is 1. The van der Waals surface area contributed by atoms with Gasteiger partial charge in [0.25, 0.3) is 5.56 Å². The number of hydrogen-bond donors (Lipinski definition) is 1. The van der Waals surface area contributed by atoms with Gasteiger partial charge in [0, 0.05) is 21.8 Å². The average molecular weight is 277 g/mol. The smallest absolute Gasteiger partial charge is 0.254 e. The molecule has 100 valence electrons. The number of aromatic nitrogens is 2. The molecule has 0 amide bonds. The number of aromatic amines is 1. The van der Waals surface area contributed by atoms with Crippen molar-refractivity contribution in [3.8, 4) is 11.4 Å². The summed E-state index contributed by atoms with van der Waals surface area (Å²) in [5, 5.41) is 0.669. The lowest BCUT2D eigenvalue weighted by Crippen LogP contribution is -2.17. The van der Waals surface area contributed by atoms with Crippen LogP contribution in [0.15, 0.2) is 29.1 Å². The quantitative estimate of drug-likeness (QED) is 0.924. The molecule has 1 aromatic carbocycles. The number of rotatable bonds is 4. The maximum Gasteiger partial charge on any atom is 0.254 e. The van der Waals surface area contributed by atoms with Crippen LogP contribution in [0.2, 0.25) is 5.02 Å². The zero-order valence-corrected chi connectivity index (χ0v) is 11.9. The van der Waals surface area contributed by atoms with E-state index in [1.165, 1.54) is 0 Å². The number of H-pyrrole nitrogens is 1. The minimum atomic E-state index is -0.0362. The molecule has 2 aromatic rings. The summed E-state index contributed by atoms with van der Waals surface area (Å²) >= 11 is 5.85. The summed E-state index contributed by atoms with van der Waals surface area (Å²) in [6, 6.07) is 7.28. The Labute approximate surface area is 117 Å². The number of nitrogens with one attached hydrogen (secondary N) is 1. The second-order valence-corrected chi connectivity index (χ2v) is 5.03. The average Bonchev–Trinajstić information content (AvgIpc) is 2.38. The SMILES string of the molecule is CCCCc1c(C)nc(-c2ccc(Cl)cc2)[nH]c1=O. The Balaban J connectivity index is 2.39. The summed E-state index contributed by atoms with van der Waals surface area (Å²) in [5.74, 6) is 0.597. The Hall–Kier alpha value is -1.61. The molecule has 0 atom stereocenters. The highest BCUT2D eigenvalue weighted by molar-refractivity contribution is 6.30. The molecule has 0 aliphatic carbocycles. The molecule has 1 N–H and O–H groups in total. The largest absolute Gasteiger partial charge is 0.306 e. The highest BCUT2D eigenvalue weighted by atomic mass is 35.5. The summed E-state index contributed by atoms with van der Waals surface area (Å²) in [7, 11) is 0. The lowest BCUT2D eigenvalue weighted by atomic mass is 10.1. The summed E-state index contributed by atoms with van der Waals surface area (Å²) in [5.41, 5.74) is 2.43. The van der Waals surface area contributed by atoms with E-state index in [4.69, 9.17) is 11.6 Å². The first kappa shape index (κ1) is 13.8. The van der Waals surface area contributed by atoms with E-state index in [2.05, 4.69) is 16.9 Å². The molecule has 2 rings (SSSR count). The molecular formula is C15H17ClN2O. The van der Waals surface area contributed by atoms with E-state index in [0.29, 0.717) is 10.8 Å². The fraction of sp³-hybridized carbons (Fsp3) is 0.333. The fourth-order valence-electron chi connectivity index (χ4n) is 2.00. The van der Waals surface area contributed by atoms with Crippen molar-refractivity contribution < 1.29 is 0 Å². The van der Waals surface area contributed by atoms with Crippen molar-refractivity contribution in [2.75, 3.05) is 0 Å². The predicted molar refractivity (Wildman–Crippen MR) is 78.7 cm³/mol. The molecule has 19 heavy (non-hydrogen) atoms. The fourth-order valence-corrected chi connectivity index (χ4v) is 2.13. The lowest BCUT2D eigenvalue weighted by molar-refractivity contribution is 0.774. The highest BCUT2D eigenvalue weighted by Gasteiger charge is 2.09. The first-order valence-electron chi connectivity index (χ1n) is 6.47. The van der Waals surface area contributed by atoms with Crippen LogP contribution in [0, 0.1) is 6.92 Å². The topological polar surface area (TPSA) is 45.8 Å². The second kappa shape index (κ2) is 6.02. The van der Waals surface area contributed by atoms with Crippen LogP contribution in [0.25, 0.3) is 11.4 Å². The van der Waals surface area contributed by atoms with Crippen LogP contribution >= 0.6 is 11.6 Å². The van der Waals surface area contributed by atoms with E-state index in [1.54, 1.807) is 12.1 Å². The Bertz CT molecular complexity index is 617. The van der Waals surface area contributed by atoms with Gasteiger partial charge in [-0.1, -0.05) is 24.9 Å². The molecule has 0 saturated carbocycles.